The number of nitrogens with zero attached hydrogens (tertiary/aromatic N) is 1. The van der Waals surface area contributed by atoms with Gasteiger partial charge in [0.25, 0.3) is 0 Å². The lowest BCUT2D eigenvalue weighted by molar-refractivity contribution is -0.388. The predicted molar refractivity (Wildman–Crippen MR) is 52.5 cm³/mol. The monoisotopic (exact) mass is 277 g/mol. The van der Waals surface area contributed by atoms with Crippen molar-refractivity contribution in [3.05, 3.63) is 37.6 Å². The van der Waals surface area contributed by atoms with E-state index in [0.29, 0.717) is 6.07 Å². The van der Waals surface area contributed by atoms with E-state index in [1.807, 2.05) is 0 Å². The zero-order valence-corrected chi connectivity index (χ0v) is 9.04. The van der Waals surface area contributed by atoms with Crippen molar-refractivity contribution in [1.82, 2.24) is 0 Å². The summed E-state index contributed by atoms with van der Waals surface area (Å²) in [6.07, 6.45) is 0. The number of hydrogen-bond donors (Lipinski definition) is 1. The summed E-state index contributed by atoms with van der Waals surface area (Å²) in [5.74, 6) is -2.50. The van der Waals surface area contributed by atoms with Gasteiger partial charge in [-0.05, 0) is 34.5 Å². The van der Waals surface area contributed by atoms with Crippen LogP contribution in [0.4, 0.5) is 10.1 Å². The molecule has 1 rings (SSSR count). The second kappa shape index (κ2) is 3.93. The first-order chi connectivity index (χ1) is 6.86. The van der Waals surface area contributed by atoms with Crippen LogP contribution in [-0.2, 0) is 0 Å². The van der Waals surface area contributed by atoms with Gasteiger partial charge in [0.05, 0.1) is 10.5 Å². The number of aromatic carboxylic acids is 1. The molecule has 0 saturated heterocycles. The molecule has 0 unspecified atom stereocenters. The number of carbonyl (C=O) groups is 1. The highest BCUT2D eigenvalue weighted by Crippen LogP contribution is 2.33. The molecule has 0 bridgehead atoms. The zero-order chi connectivity index (χ0) is 11.7. The highest BCUT2D eigenvalue weighted by molar-refractivity contribution is 9.10. The average Bonchev–Trinajstić information content (AvgIpc) is 2.10. The van der Waals surface area contributed by atoms with E-state index in [2.05, 4.69) is 15.9 Å². The molecule has 0 radical (unpaired) electrons. The van der Waals surface area contributed by atoms with Crippen molar-refractivity contribution in [2.45, 2.75) is 6.92 Å². The van der Waals surface area contributed by atoms with Gasteiger partial charge >= 0.3 is 11.7 Å². The standard InChI is InChI=1S/C8H5BrFNO4/c1-3-4(8(12)13)2-5(10)7(6(3)9)11(14)15/h2H,1H3,(H,12,13). The van der Waals surface area contributed by atoms with Crippen molar-refractivity contribution in [1.29, 1.82) is 0 Å². The maximum Gasteiger partial charge on any atom is 0.336 e. The molecular formula is C8H5BrFNO4. The first-order valence-electron chi connectivity index (χ1n) is 3.72. The predicted octanol–water partition coefficient (Wildman–Crippen LogP) is 2.50. The summed E-state index contributed by atoms with van der Waals surface area (Å²) in [6.45, 7) is 1.36. The van der Waals surface area contributed by atoms with Gasteiger partial charge < -0.3 is 5.11 Å². The van der Waals surface area contributed by atoms with E-state index in [1.165, 1.54) is 6.92 Å². The van der Waals surface area contributed by atoms with Gasteiger partial charge in [0, 0.05) is 0 Å². The normalized spacial score (nSPS) is 10.1. The fourth-order valence-corrected chi connectivity index (χ4v) is 1.64. The number of carboxylic acids is 1. The van der Waals surface area contributed by atoms with Gasteiger partial charge in [-0.15, -0.1) is 0 Å². The van der Waals surface area contributed by atoms with Crippen LogP contribution in [0.1, 0.15) is 15.9 Å². The number of nitro groups is 1. The number of carboxylic acid groups (broad SMARTS) is 1. The van der Waals surface area contributed by atoms with Crippen LogP contribution in [0.15, 0.2) is 10.5 Å². The lowest BCUT2D eigenvalue weighted by Crippen LogP contribution is -2.04. The summed E-state index contributed by atoms with van der Waals surface area (Å²) in [4.78, 5) is 20.2. The van der Waals surface area contributed by atoms with Crippen LogP contribution in [0.5, 0.6) is 0 Å². The summed E-state index contributed by atoms with van der Waals surface area (Å²) in [7, 11) is 0. The SMILES string of the molecule is Cc1c(C(=O)O)cc(F)c([N+](=O)[O-])c1Br. The van der Waals surface area contributed by atoms with Crippen molar-refractivity contribution < 1.29 is 19.2 Å². The van der Waals surface area contributed by atoms with Gasteiger partial charge in [0.1, 0.15) is 4.47 Å². The Labute approximate surface area is 91.8 Å². The van der Waals surface area contributed by atoms with Crippen LogP contribution < -0.4 is 0 Å². The van der Waals surface area contributed by atoms with E-state index in [4.69, 9.17) is 5.11 Å². The van der Waals surface area contributed by atoms with E-state index in [0.717, 1.165) is 0 Å². The van der Waals surface area contributed by atoms with Crippen LogP contribution in [0.3, 0.4) is 0 Å². The van der Waals surface area contributed by atoms with Crippen molar-refractivity contribution in [3.8, 4) is 0 Å². The van der Waals surface area contributed by atoms with Gasteiger partial charge in [0.15, 0.2) is 0 Å². The van der Waals surface area contributed by atoms with Crippen molar-refractivity contribution in [3.63, 3.8) is 0 Å². The number of hydrogen-bond acceptors (Lipinski definition) is 3. The number of nitro benzene ring substituents is 1. The molecule has 0 aromatic heterocycles. The topological polar surface area (TPSA) is 80.4 Å². The lowest BCUT2D eigenvalue weighted by Gasteiger charge is -2.04. The minimum absolute atomic E-state index is 0.121. The van der Waals surface area contributed by atoms with Gasteiger partial charge in [-0.2, -0.15) is 4.39 Å². The van der Waals surface area contributed by atoms with Crippen molar-refractivity contribution in [2.24, 2.45) is 0 Å². The Hall–Kier alpha value is -1.50. The lowest BCUT2D eigenvalue weighted by atomic mass is 10.1. The molecule has 0 fully saturated rings. The summed E-state index contributed by atoms with van der Waals surface area (Å²) < 4.78 is 13.0. The second-order valence-electron chi connectivity index (χ2n) is 2.76. The molecule has 0 aliphatic heterocycles. The molecule has 0 spiro atoms. The van der Waals surface area contributed by atoms with E-state index < -0.39 is 22.4 Å². The molecule has 0 amide bonds. The third-order valence-electron chi connectivity index (χ3n) is 1.85. The van der Waals surface area contributed by atoms with E-state index in [-0.39, 0.29) is 15.6 Å². The summed E-state index contributed by atoms with van der Waals surface area (Å²) >= 11 is 2.81. The molecule has 0 heterocycles. The largest absolute Gasteiger partial charge is 0.478 e. The molecular weight excluding hydrogens is 273 g/mol. The molecule has 1 aromatic rings. The molecule has 7 heteroatoms. The molecule has 1 aromatic carbocycles. The molecule has 0 aliphatic carbocycles. The highest BCUT2D eigenvalue weighted by Gasteiger charge is 2.25. The Morgan fingerprint density at radius 2 is 2.20 bits per heavy atom. The number of halogens is 2. The maximum absolute atomic E-state index is 13.2. The van der Waals surface area contributed by atoms with Crippen LogP contribution in [-0.4, -0.2) is 16.0 Å². The molecule has 15 heavy (non-hydrogen) atoms. The Balaban J connectivity index is 3.58. The Morgan fingerprint density at radius 1 is 1.67 bits per heavy atom. The number of benzene rings is 1. The summed E-state index contributed by atoms with van der Waals surface area (Å²) in [5.41, 5.74) is -0.932. The quantitative estimate of drug-likeness (QED) is 0.665. The molecule has 1 N–H and O–H groups in total. The van der Waals surface area contributed by atoms with Crippen LogP contribution in [0, 0.1) is 22.9 Å². The minimum atomic E-state index is -1.33. The fraction of sp³-hybridized carbons (Fsp3) is 0.125. The van der Waals surface area contributed by atoms with E-state index >= 15 is 0 Å². The first-order valence-corrected chi connectivity index (χ1v) is 4.51. The van der Waals surface area contributed by atoms with E-state index in [9.17, 15) is 19.3 Å². The maximum atomic E-state index is 13.2. The molecule has 5 nitrogen and oxygen atoms in total. The third-order valence-corrected chi connectivity index (χ3v) is 2.82. The van der Waals surface area contributed by atoms with Crippen LogP contribution >= 0.6 is 15.9 Å². The summed E-state index contributed by atoms with van der Waals surface area (Å²) in [5, 5.41) is 19.2. The van der Waals surface area contributed by atoms with E-state index in [1.54, 1.807) is 0 Å². The summed E-state index contributed by atoms with van der Waals surface area (Å²) in [6, 6.07) is 0.639. The van der Waals surface area contributed by atoms with Crippen LogP contribution in [0.2, 0.25) is 0 Å². The van der Waals surface area contributed by atoms with Gasteiger partial charge in [0.2, 0.25) is 5.82 Å². The second-order valence-corrected chi connectivity index (χ2v) is 3.55. The molecule has 80 valence electrons. The smallest absolute Gasteiger partial charge is 0.336 e. The molecule has 0 atom stereocenters. The van der Waals surface area contributed by atoms with Gasteiger partial charge in [-0.3, -0.25) is 10.1 Å². The average molecular weight is 278 g/mol. The first kappa shape index (κ1) is 11.6. The molecule has 0 saturated carbocycles. The zero-order valence-electron chi connectivity index (χ0n) is 7.45. The van der Waals surface area contributed by atoms with Crippen molar-refractivity contribution >= 4 is 27.6 Å². The fourth-order valence-electron chi connectivity index (χ4n) is 1.09. The Bertz CT molecular complexity index is 460. The minimum Gasteiger partial charge on any atom is -0.478 e. The molecule has 0 aliphatic rings. The number of rotatable bonds is 2. The van der Waals surface area contributed by atoms with Crippen molar-refractivity contribution in [2.75, 3.05) is 0 Å². The third kappa shape index (κ3) is 1.96. The van der Waals surface area contributed by atoms with Gasteiger partial charge in [-0.1, -0.05) is 0 Å². The van der Waals surface area contributed by atoms with Crippen LogP contribution in [0.25, 0.3) is 0 Å². The Kier molecular flexibility index (Phi) is 3.04. The Morgan fingerprint density at radius 3 is 2.60 bits per heavy atom. The highest BCUT2D eigenvalue weighted by atomic mass is 79.9. The van der Waals surface area contributed by atoms with Gasteiger partial charge in [-0.25, -0.2) is 4.79 Å².